The summed E-state index contributed by atoms with van der Waals surface area (Å²) < 4.78 is 0. The lowest BCUT2D eigenvalue weighted by atomic mass is 9.88. The van der Waals surface area contributed by atoms with Gasteiger partial charge >= 0.3 is 0 Å². The molecule has 0 radical (unpaired) electrons. The molecule has 1 unspecified atom stereocenters. The van der Waals surface area contributed by atoms with Crippen LogP contribution in [0.25, 0.3) is 0 Å². The lowest BCUT2D eigenvalue weighted by Gasteiger charge is -2.18. The third kappa shape index (κ3) is 2.90. The molecule has 0 amide bonds. The normalized spacial score (nSPS) is 15.6. The zero-order valence-corrected chi connectivity index (χ0v) is 11.8. The molecule has 0 fully saturated rings. The highest BCUT2D eigenvalue weighted by molar-refractivity contribution is 5.84. The summed E-state index contributed by atoms with van der Waals surface area (Å²) in [7, 11) is 0. The van der Waals surface area contributed by atoms with Crippen molar-refractivity contribution in [2.24, 2.45) is 4.99 Å². The Hall–Kier alpha value is -2.09. The van der Waals surface area contributed by atoms with Crippen LogP contribution in [0.1, 0.15) is 29.0 Å². The second-order valence-electron chi connectivity index (χ2n) is 5.33. The first-order valence-corrected chi connectivity index (χ1v) is 7.21. The smallest absolute Gasteiger partial charge is 0.0974 e. The fraction of sp³-hybridized carbons (Fsp3) is 0.278. The van der Waals surface area contributed by atoms with Gasteiger partial charge in [0.1, 0.15) is 0 Å². The number of rotatable bonds is 4. The maximum atomic E-state index is 4.55. The molecule has 20 heavy (non-hydrogen) atoms. The molecule has 102 valence electrons. The van der Waals surface area contributed by atoms with Crippen LogP contribution in [0.3, 0.4) is 0 Å². The van der Waals surface area contributed by atoms with Crippen molar-refractivity contribution in [1.29, 1.82) is 0 Å². The van der Waals surface area contributed by atoms with Crippen molar-refractivity contribution < 1.29 is 0 Å². The van der Waals surface area contributed by atoms with Gasteiger partial charge in [0.05, 0.1) is 12.4 Å². The van der Waals surface area contributed by atoms with E-state index >= 15 is 0 Å². The zero-order valence-electron chi connectivity index (χ0n) is 11.8. The number of aryl methyl sites for hydroxylation is 1. The Labute approximate surface area is 120 Å². The van der Waals surface area contributed by atoms with E-state index in [0.29, 0.717) is 5.92 Å². The average molecular weight is 264 g/mol. The summed E-state index contributed by atoms with van der Waals surface area (Å²) in [5.41, 5.74) is 4.02. The van der Waals surface area contributed by atoms with Crippen molar-refractivity contribution in [3.63, 3.8) is 0 Å². The predicted octanol–water partition coefficient (Wildman–Crippen LogP) is 3.52. The molecule has 1 aliphatic heterocycles. The summed E-state index contributed by atoms with van der Waals surface area (Å²) in [6.07, 6.45) is 0.951. The first-order valence-electron chi connectivity index (χ1n) is 7.21. The van der Waals surface area contributed by atoms with E-state index in [0.717, 1.165) is 25.3 Å². The van der Waals surface area contributed by atoms with E-state index in [2.05, 4.69) is 71.8 Å². The van der Waals surface area contributed by atoms with Crippen molar-refractivity contribution in [3.8, 4) is 0 Å². The molecule has 3 rings (SSSR count). The molecule has 0 aromatic heterocycles. The van der Waals surface area contributed by atoms with E-state index < -0.39 is 0 Å². The summed E-state index contributed by atoms with van der Waals surface area (Å²) >= 11 is 0. The maximum absolute atomic E-state index is 4.55. The molecule has 1 N–H and O–H groups in total. The van der Waals surface area contributed by atoms with Crippen molar-refractivity contribution in [1.82, 2.24) is 5.32 Å². The number of hydrogen-bond acceptors (Lipinski definition) is 2. The third-order valence-electron chi connectivity index (χ3n) is 3.82. The lowest BCUT2D eigenvalue weighted by Crippen LogP contribution is -2.21. The minimum Gasteiger partial charge on any atom is -0.372 e. The maximum Gasteiger partial charge on any atom is 0.0974 e. The van der Waals surface area contributed by atoms with Crippen molar-refractivity contribution in [2.45, 2.75) is 19.3 Å². The summed E-state index contributed by atoms with van der Waals surface area (Å²) in [6.45, 7) is 4.01. The number of amidine groups is 1. The molecule has 1 aliphatic rings. The molecule has 1 atom stereocenters. The van der Waals surface area contributed by atoms with Crippen molar-refractivity contribution in [2.75, 3.05) is 13.1 Å². The van der Waals surface area contributed by atoms with Crippen LogP contribution in [0.2, 0.25) is 0 Å². The van der Waals surface area contributed by atoms with Gasteiger partial charge in [-0.2, -0.15) is 0 Å². The Morgan fingerprint density at radius 1 is 1.00 bits per heavy atom. The van der Waals surface area contributed by atoms with Crippen LogP contribution in [-0.4, -0.2) is 18.9 Å². The lowest BCUT2D eigenvalue weighted by molar-refractivity contribution is 0.833. The molecule has 0 saturated heterocycles. The van der Waals surface area contributed by atoms with E-state index in [9.17, 15) is 0 Å². The van der Waals surface area contributed by atoms with Crippen LogP contribution >= 0.6 is 0 Å². The molecule has 2 heteroatoms. The van der Waals surface area contributed by atoms with Crippen molar-refractivity contribution in [3.05, 3.63) is 71.3 Å². The molecule has 2 nitrogen and oxygen atoms in total. The van der Waals surface area contributed by atoms with E-state index in [4.69, 9.17) is 0 Å². The highest BCUT2D eigenvalue weighted by Crippen LogP contribution is 2.28. The SMILES string of the molecule is Cc1ccc(C(CC2=NCCN2)c2ccccc2)cc1. The Bertz CT molecular complexity index is 585. The summed E-state index contributed by atoms with van der Waals surface area (Å²) in [4.78, 5) is 4.55. The molecule has 2 aromatic rings. The molecule has 0 bridgehead atoms. The fourth-order valence-corrected chi connectivity index (χ4v) is 2.69. The van der Waals surface area contributed by atoms with Gasteiger partial charge in [-0.3, -0.25) is 4.99 Å². The number of aliphatic imine (C=N–C) groups is 1. The molecular formula is C18H20N2. The van der Waals surface area contributed by atoms with Gasteiger partial charge in [-0.05, 0) is 18.1 Å². The van der Waals surface area contributed by atoms with Gasteiger partial charge in [0.25, 0.3) is 0 Å². The molecule has 2 aromatic carbocycles. The topological polar surface area (TPSA) is 24.4 Å². The van der Waals surface area contributed by atoms with E-state index in [1.54, 1.807) is 0 Å². The van der Waals surface area contributed by atoms with Crippen LogP contribution in [0.15, 0.2) is 59.6 Å². The minimum atomic E-state index is 0.376. The molecular weight excluding hydrogens is 244 g/mol. The Balaban J connectivity index is 1.92. The minimum absolute atomic E-state index is 0.376. The Morgan fingerprint density at radius 2 is 1.70 bits per heavy atom. The number of hydrogen-bond donors (Lipinski definition) is 1. The average Bonchev–Trinajstić information content (AvgIpc) is 3.00. The zero-order chi connectivity index (χ0) is 13.8. The fourth-order valence-electron chi connectivity index (χ4n) is 2.69. The van der Waals surface area contributed by atoms with Crippen LogP contribution in [0.4, 0.5) is 0 Å². The van der Waals surface area contributed by atoms with Gasteiger partial charge in [0, 0.05) is 18.9 Å². The van der Waals surface area contributed by atoms with Crippen LogP contribution in [0.5, 0.6) is 0 Å². The second-order valence-corrected chi connectivity index (χ2v) is 5.33. The summed E-state index contributed by atoms with van der Waals surface area (Å²) in [5, 5.41) is 3.39. The standard InChI is InChI=1S/C18H20N2/c1-14-7-9-16(10-8-14)17(13-18-19-11-12-20-18)15-5-3-2-4-6-15/h2-10,17H,11-13H2,1H3,(H,19,20). The highest BCUT2D eigenvalue weighted by atomic mass is 15.1. The molecule has 0 aliphatic carbocycles. The quantitative estimate of drug-likeness (QED) is 0.897. The Morgan fingerprint density at radius 3 is 2.35 bits per heavy atom. The van der Waals surface area contributed by atoms with Gasteiger partial charge in [-0.1, -0.05) is 60.2 Å². The largest absolute Gasteiger partial charge is 0.372 e. The summed E-state index contributed by atoms with van der Waals surface area (Å²) in [6, 6.07) is 19.6. The first-order chi connectivity index (χ1) is 9.83. The van der Waals surface area contributed by atoms with Crippen LogP contribution in [-0.2, 0) is 0 Å². The van der Waals surface area contributed by atoms with Crippen molar-refractivity contribution >= 4 is 5.84 Å². The van der Waals surface area contributed by atoms with Gasteiger partial charge in [0.15, 0.2) is 0 Å². The molecule has 0 spiro atoms. The first kappa shape index (κ1) is 12.9. The highest BCUT2D eigenvalue weighted by Gasteiger charge is 2.18. The van der Waals surface area contributed by atoms with E-state index in [1.165, 1.54) is 16.7 Å². The monoisotopic (exact) mass is 264 g/mol. The van der Waals surface area contributed by atoms with E-state index in [-0.39, 0.29) is 0 Å². The summed E-state index contributed by atoms with van der Waals surface area (Å²) in [5.74, 6) is 1.51. The number of nitrogens with zero attached hydrogens (tertiary/aromatic N) is 1. The third-order valence-corrected chi connectivity index (χ3v) is 3.82. The number of nitrogens with one attached hydrogen (secondary N) is 1. The van der Waals surface area contributed by atoms with Gasteiger partial charge in [-0.25, -0.2) is 0 Å². The Kier molecular flexibility index (Phi) is 3.82. The van der Waals surface area contributed by atoms with Gasteiger partial charge < -0.3 is 5.32 Å². The van der Waals surface area contributed by atoms with E-state index in [1.807, 2.05) is 0 Å². The van der Waals surface area contributed by atoms with Gasteiger partial charge in [0.2, 0.25) is 0 Å². The van der Waals surface area contributed by atoms with Crippen LogP contribution < -0.4 is 5.32 Å². The number of benzene rings is 2. The van der Waals surface area contributed by atoms with Gasteiger partial charge in [-0.15, -0.1) is 0 Å². The molecule has 0 saturated carbocycles. The molecule has 1 heterocycles. The van der Waals surface area contributed by atoms with Crippen LogP contribution in [0, 0.1) is 6.92 Å². The predicted molar refractivity (Wildman–Crippen MR) is 84.4 cm³/mol. The second kappa shape index (κ2) is 5.91.